The van der Waals surface area contributed by atoms with Crippen molar-refractivity contribution < 1.29 is 9.90 Å². The van der Waals surface area contributed by atoms with Crippen molar-refractivity contribution in [3.63, 3.8) is 0 Å². The summed E-state index contributed by atoms with van der Waals surface area (Å²) in [7, 11) is 0. The van der Waals surface area contributed by atoms with E-state index in [1.54, 1.807) is 6.20 Å². The van der Waals surface area contributed by atoms with Crippen LogP contribution in [0.15, 0.2) is 18.5 Å². The Morgan fingerprint density at radius 3 is 3.00 bits per heavy atom. The molecule has 0 saturated heterocycles. The monoisotopic (exact) mass is 247 g/mol. The van der Waals surface area contributed by atoms with Gasteiger partial charge in [0.15, 0.2) is 11.5 Å². The van der Waals surface area contributed by atoms with Gasteiger partial charge in [-0.2, -0.15) is 0 Å². The lowest BCUT2D eigenvalue weighted by molar-refractivity contribution is 0.0696. The summed E-state index contributed by atoms with van der Waals surface area (Å²) in [5.74, 6) is -0.431. The largest absolute Gasteiger partial charge is 0.478 e. The molecule has 0 amide bonds. The zero-order valence-electron chi connectivity index (χ0n) is 8.28. The number of nitrogens with one attached hydrogen (secondary N) is 1. The molecular weight excluding hydrogens is 242 g/mol. The third-order valence-corrected chi connectivity index (χ3v) is 2.85. The zero-order valence-corrected chi connectivity index (χ0v) is 9.10. The molecule has 0 radical (unpaired) electrons. The van der Waals surface area contributed by atoms with E-state index in [0.29, 0.717) is 17.0 Å². The van der Waals surface area contributed by atoms with E-state index in [1.165, 1.54) is 23.8 Å². The molecule has 7 nitrogen and oxygen atoms in total. The van der Waals surface area contributed by atoms with Crippen molar-refractivity contribution in [2.75, 3.05) is 0 Å². The highest BCUT2D eigenvalue weighted by Gasteiger charge is 2.11. The lowest BCUT2D eigenvalue weighted by atomic mass is 10.3. The molecule has 0 aromatic carbocycles. The maximum absolute atomic E-state index is 10.8. The van der Waals surface area contributed by atoms with Crippen molar-refractivity contribution >= 4 is 28.7 Å². The van der Waals surface area contributed by atoms with Crippen LogP contribution in [0.4, 0.5) is 0 Å². The van der Waals surface area contributed by atoms with E-state index in [9.17, 15) is 4.79 Å². The van der Waals surface area contributed by atoms with E-state index in [1.807, 2.05) is 0 Å². The topological polar surface area (TPSA) is 105 Å². The Hall–Kier alpha value is -2.35. The summed E-state index contributed by atoms with van der Waals surface area (Å²) in [6.07, 6.45) is 2.86. The van der Waals surface area contributed by atoms with Crippen LogP contribution in [0.5, 0.6) is 0 Å². The van der Waals surface area contributed by atoms with Crippen LogP contribution < -0.4 is 0 Å². The van der Waals surface area contributed by atoms with Gasteiger partial charge in [0, 0.05) is 6.20 Å². The predicted molar refractivity (Wildman–Crippen MR) is 59.8 cm³/mol. The molecule has 0 bridgehead atoms. The van der Waals surface area contributed by atoms with Crippen LogP contribution in [0.1, 0.15) is 10.4 Å². The molecule has 0 aliphatic carbocycles. The van der Waals surface area contributed by atoms with Crippen molar-refractivity contribution in [2.45, 2.75) is 0 Å². The van der Waals surface area contributed by atoms with Crippen LogP contribution in [0.25, 0.3) is 21.9 Å². The summed E-state index contributed by atoms with van der Waals surface area (Å²) in [5.41, 5.74) is 1.17. The van der Waals surface area contributed by atoms with Gasteiger partial charge in [0.25, 0.3) is 0 Å². The maximum atomic E-state index is 10.8. The molecule has 3 aromatic rings. The molecule has 0 unspecified atom stereocenters. The van der Waals surface area contributed by atoms with Gasteiger partial charge < -0.3 is 10.1 Å². The number of imidazole rings is 1. The third kappa shape index (κ3) is 1.64. The van der Waals surface area contributed by atoms with Gasteiger partial charge in [-0.05, 0) is 17.6 Å². The second kappa shape index (κ2) is 3.59. The number of carboxylic acid groups (broad SMARTS) is 1. The van der Waals surface area contributed by atoms with Gasteiger partial charge in [-0.25, -0.2) is 14.8 Å². The summed E-state index contributed by atoms with van der Waals surface area (Å²) in [6, 6.07) is 1.50. The molecule has 84 valence electrons. The number of carboxylic acids is 1. The first-order valence-corrected chi connectivity index (χ1v) is 5.38. The summed E-state index contributed by atoms with van der Waals surface area (Å²) in [4.78, 5) is 22.8. The van der Waals surface area contributed by atoms with Gasteiger partial charge in [0.05, 0.1) is 17.3 Å². The van der Waals surface area contributed by atoms with Gasteiger partial charge in [0.2, 0.25) is 0 Å². The van der Waals surface area contributed by atoms with Crippen LogP contribution in [-0.2, 0) is 0 Å². The minimum absolute atomic E-state index is 0.120. The highest BCUT2D eigenvalue weighted by molar-refractivity contribution is 7.09. The number of hydrogen-bond acceptors (Lipinski definition) is 6. The molecule has 0 spiro atoms. The first-order chi connectivity index (χ1) is 8.24. The molecule has 0 aliphatic rings. The smallest absolute Gasteiger partial charge is 0.337 e. The number of carbonyl (C=O) groups is 1. The molecule has 2 N–H and O–H groups in total. The molecule has 3 aromatic heterocycles. The lowest BCUT2D eigenvalue weighted by Gasteiger charge is -1.91. The fourth-order valence-electron chi connectivity index (χ4n) is 1.41. The van der Waals surface area contributed by atoms with Crippen molar-refractivity contribution in [3.8, 4) is 10.7 Å². The minimum Gasteiger partial charge on any atom is -0.478 e. The molecule has 0 aliphatic heterocycles. The Morgan fingerprint density at radius 1 is 1.41 bits per heavy atom. The van der Waals surface area contributed by atoms with Gasteiger partial charge in [-0.1, -0.05) is 4.49 Å². The van der Waals surface area contributed by atoms with Crippen LogP contribution in [0.2, 0.25) is 0 Å². The number of aromatic amines is 1. The fraction of sp³-hybridized carbons (Fsp3) is 0. The molecule has 8 heteroatoms. The number of rotatable bonds is 2. The van der Waals surface area contributed by atoms with E-state index in [-0.39, 0.29) is 5.56 Å². The highest BCUT2D eigenvalue weighted by Crippen LogP contribution is 2.21. The Labute approximate surface area is 98.3 Å². The van der Waals surface area contributed by atoms with E-state index in [0.717, 1.165) is 4.88 Å². The molecule has 17 heavy (non-hydrogen) atoms. The van der Waals surface area contributed by atoms with Gasteiger partial charge >= 0.3 is 5.97 Å². The normalized spacial score (nSPS) is 10.8. The molecule has 0 atom stereocenters. The standard InChI is InChI=1S/C9H5N5O2S/c15-9(16)4-1-5-7(10-2-4)13-8(12-5)6-3-11-14-17-6/h1-3H,(H,15,16)(H,10,12,13). The van der Waals surface area contributed by atoms with Gasteiger partial charge in [0.1, 0.15) is 4.88 Å². The number of nitrogens with zero attached hydrogens (tertiary/aromatic N) is 4. The Bertz CT molecular complexity index is 691. The van der Waals surface area contributed by atoms with Crippen LogP contribution in [0, 0.1) is 0 Å². The lowest BCUT2D eigenvalue weighted by Crippen LogP contribution is -1.96. The van der Waals surface area contributed by atoms with Crippen LogP contribution >= 0.6 is 11.5 Å². The number of H-pyrrole nitrogens is 1. The quantitative estimate of drug-likeness (QED) is 0.704. The number of fused-ring (bicyclic) bond motifs is 1. The highest BCUT2D eigenvalue weighted by atomic mass is 32.1. The molecular formula is C9H5N5O2S. The molecule has 3 rings (SSSR count). The van der Waals surface area contributed by atoms with E-state index in [4.69, 9.17) is 5.11 Å². The number of aromatic carboxylic acids is 1. The number of aromatic nitrogens is 5. The van der Waals surface area contributed by atoms with Crippen molar-refractivity contribution in [2.24, 2.45) is 0 Å². The van der Waals surface area contributed by atoms with Gasteiger partial charge in [-0.15, -0.1) is 5.10 Å². The Kier molecular flexibility index (Phi) is 2.08. The predicted octanol–water partition coefficient (Wildman–Crippen LogP) is 1.17. The molecule has 3 heterocycles. The van der Waals surface area contributed by atoms with E-state index >= 15 is 0 Å². The second-order valence-corrected chi connectivity index (χ2v) is 4.05. The van der Waals surface area contributed by atoms with E-state index in [2.05, 4.69) is 24.5 Å². The summed E-state index contributed by atoms with van der Waals surface area (Å²) < 4.78 is 3.73. The van der Waals surface area contributed by atoms with Crippen molar-refractivity contribution in [1.29, 1.82) is 0 Å². The average molecular weight is 247 g/mol. The molecule has 0 saturated carbocycles. The minimum atomic E-state index is -1.02. The van der Waals surface area contributed by atoms with Gasteiger partial charge in [-0.3, -0.25) is 0 Å². The van der Waals surface area contributed by atoms with Crippen LogP contribution in [0.3, 0.4) is 0 Å². The number of pyridine rings is 1. The maximum Gasteiger partial charge on any atom is 0.337 e. The Morgan fingerprint density at radius 2 is 2.29 bits per heavy atom. The summed E-state index contributed by atoms with van der Waals surface area (Å²) >= 11 is 1.20. The first kappa shape index (κ1) is 9.85. The first-order valence-electron chi connectivity index (χ1n) is 4.61. The van der Waals surface area contributed by atoms with Crippen molar-refractivity contribution in [3.05, 3.63) is 24.0 Å². The van der Waals surface area contributed by atoms with Crippen molar-refractivity contribution in [1.82, 2.24) is 24.5 Å². The average Bonchev–Trinajstić information content (AvgIpc) is 2.96. The summed E-state index contributed by atoms with van der Waals surface area (Å²) in [5, 5.41) is 12.6. The SMILES string of the molecule is O=C(O)c1cnc2nc(-c3cnns3)[nH]c2c1. The zero-order chi connectivity index (χ0) is 11.8. The Balaban J connectivity index is 2.16. The summed E-state index contributed by atoms with van der Waals surface area (Å²) in [6.45, 7) is 0. The second-order valence-electron chi connectivity index (χ2n) is 3.27. The van der Waals surface area contributed by atoms with E-state index < -0.39 is 5.97 Å². The molecule has 0 fully saturated rings. The number of hydrogen-bond donors (Lipinski definition) is 2. The third-order valence-electron chi connectivity index (χ3n) is 2.18. The van der Waals surface area contributed by atoms with Crippen LogP contribution in [-0.4, -0.2) is 35.6 Å². The fourth-order valence-corrected chi connectivity index (χ4v) is 1.86.